The molecule has 2 aromatic heterocycles. The first-order valence-corrected chi connectivity index (χ1v) is 5.05. The van der Waals surface area contributed by atoms with E-state index in [1.165, 1.54) is 10.9 Å². The lowest BCUT2D eigenvalue weighted by atomic mass is 10.4. The lowest BCUT2D eigenvalue weighted by Gasteiger charge is -2.06. The molecule has 0 aromatic carbocycles. The number of fused-ring (bicyclic) bond motifs is 1. The van der Waals surface area contributed by atoms with Crippen LogP contribution in [-0.4, -0.2) is 18.7 Å². The van der Waals surface area contributed by atoms with Crippen molar-refractivity contribution < 1.29 is 0 Å². The fraction of sp³-hybridized carbons (Fsp3) is 0.400. The van der Waals surface area contributed by atoms with Crippen molar-refractivity contribution in [1.29, 1.82) is 5.26 Å². The van der Waals surface area contributed by atoms with Crippen LogP contribution in [0.3, 0.4) is 0 Å². The Balaban J connectivity index is 2.86. The summed E-state index contributed by atoms with van der Waals surface area (Å²) in [6, 6.07) is 1.92. The predicted molar refractivity (Wildman–Crippen MR) is 60.4 cm³/mol. The summed E-state index contributed by atoms with van der Waals surface area (Å²) in [5.74, 6) is 0. The third-order valence-electron chi connectivity index (χ3n) is 2.65. The van der Waals surface area contributed by atoms with Crippen molar-refractivity contribution in [3.8, 4) is 6.07 Å². The Morgan fingerprint density at radius 2 is 2.12 bits per heavy atom. The molecule has 88 valence electrons. The first-order valence-electron chi connectivity index (χ1n) is 5.05. The lowest BCUT2D eigenvalue weighted by Crippen LogP contribution is -2.39. The van der Waals surface area contributed by atoms with E-state index in [0.29, 0.717) is 11.2 Å². The van der Waals surface area contributed by atoms with Crippen LogP contribution in [0.1, 0.15) is 6.42 Å². The van der Waals surface area contributed by atoms with E-state index < -0.39 is 11.2 Å². The van der Waals surface area contributed by atoms with Gasteiger partial charge in [0, 0.05) is 20.6 Å². The van der Waals surface area contributed by atoms with Crippen molar-refractivity contribution >= 4 is 11.2 Å². The highest BCUT2D eigenvalue weighted by Crippen LogP contribution is 2.02. The maximum Gasteiger partial charge on any atom is 0.332 e. The fourth-order valence-electron chi connectivity index (χ4n) is 1.76. The Morgan fingerprint density at radius 3 is 2.76 bits per heavy atom. The van der Waals surface area contributed by atoms with Crippen LogP contribution in [0.4, 0.5) is 0 Å². The molecule has 0 saturated heterocycles. The van der Waals surface area contributed by atoms with E-state index >= 15 is 0 Å². The van der Waals surface area contributed by atoms with E-state index in [1.54, 1.807) is 18.7 Å². The zero-order valence-corrected chi connectivity index (χ0v) is 9.54. The second kappa shape index (κ2) is 3.90. The highest BCUT2D eigenvalue weighted by Gasteiger charge is 2.14. The molecule has 17 heavy (non-hydrogen) atoms. The van der Waals surface area contributed by atoms with E-state index in [0.717, 1.165) is 4.57 Å². The average molecular weight is 233 g/mol. The molecule has 0 bridgehead atoms. The molecule has 0 aliphatic rings. The van der Waals surface area contributed by atoms with Gasteiger partial charge in [-0.2, -0.15) is 5.26 Å². The highest BCUT2D eigenvalue weighted by atomic mass is 16.2. The van der Waals surface area contributed by atoms with E-state index in [-0.39, 0.29) is 13.0 Å². The van der Waals surface area contributed by atoms with Crippen LogP contribution in [-0.2, 0) is 20.6 Å². The normalized spacial score (nSPS) is 10.6. The maximum absolute atomic E-state index is 12.1. The molecule has 7 nitrogen and oxygen atoms in total. The Hall–Kier alpha value is -2.36. The number of hydrogen-bond donors (Lipinski definition) is 0. The largest absolute Gasteiger partial charge is 0.332 e. The average Bonchev–Trinajstić information content (AvgIpc) is 2.69. The molecule has 0 fully saturated rings. The molecule has 0 radical (unpaired) electrons. The van der Waals surface area contributed by atoms with Crippen LogP contribution in [0.15, 0.2) is 15.9 Å². The highest BCUT2D eigenvalue weighted by molar-refractivity contribution is 5.69. The predicted octanol–water partition coefficient (Wildman–Crippen LogP) is -0.653. The number of imidazole rings is 1. The van der Waals surface area contributed by atoms with Crippen molar-refractivity contribution in [2.24, 2.45) is 14.1 Å². The van der Waals surface area contributed by atoms with Gasteiger partial charge in [0.15, 0.2) is 11.2 Å². The Kier molecular flexibility index (Phi) is 2.55. The third-order valence-corrected chi connectivity index (χ3v) is 2.65. The summed E-state index contributed by atoms with van der Waals surface area (Å²) in [5, 5.41) is 8.51. The minimum absolute atomic E-state index is 0.100. The van der Waals surface area contributed by atoms with E-state index in [4.69, 9.17) is 5.26 Å². The molecule has 2 rings (SSSR count). The molecule has 0 saturated carbocycles. The molecule has 0 spiro atoms. The van der Waals surface area contributed by atoms with Gasteiger partial charge in [0.05, 0.1) is 18.8 Å². The summed E-state index contributed by atoms with van der Waals surface area (Å²) < 4.78 is 3.95. The first-order chi connectivity index (χ1) is 8.07. The van der Waals surface area contributed by atoms with Crippen LogP contribution in [0.2, 0.25) is 0 Å². The first kappa shape index (κ1) is 11.1. The molecular formula is C10H11N5O2. The number of aromatic nitrogens is 4. The molecule has 0 unspecified atom stereocenters. The van der Waals surface area contributed by atoms with Crippen molar-refractivity contribution in [3.63, 3.8) is 0 Å². The smallest absolute Gasteiger partial charge is 0.328 e. The summed E-state index contributed by atoms with van der Waals surface area (Å²) >= 11 is 0. The van der Waals surface area contributed by atoms with Gasteiger partial charge in [0.25, 0.3) is 5.56 Å². The molecule has 0 N–H and O–H groups in total. The lowest BCUT2D eigenvalue weighted by molar-refractivity contribution is 0.611. The van der Waals surface area contributed by atoms with Gasteiger partial charge in [0.1, 0.15) is 0 Å². The molecule has 7 heteroatoms. The van der Waals surface area contributed by atoms with Gasteiger partial charge < -0.3 is 4.57 Å². The molecule has 0 aliphatic carbocycles. The van der Waals surface area contributed by atoms with E-state index in [2.05, 4.69) is 4.98 Å². The molecule has 2 heterocycles. The third kappa shape index (κ3) is 1.54. The van der Waals surface area contributed by atoms with Gasteiger partial charge in [-0.25, -0.2) is 9.78 Å². The van der Waals surface area contributed by atoms with Crippen molar-refractivity contribution in [2.45, 2.75) is 13.0 Å². The van der Waals surface area contributed by atoms with Crippen LogP contribution < -0.4 is 11.2 Å². The summed E-state index contributed by atoms with van der Waals surface area (Å²) in [6.45, 7) is 0.100. The standard InChI is InChI=1S/C10H11N5O2/c1-13-6-12-8-7(13)9(16)15(5-3-4-11)10(17)14(8)2/h6H,3,5H2,1-2H3. The summed E-state index contributed by atoms with van der Waals surface area (Å²) in [7, 11) is 3.25. The maximum atomic E-state index is 12.1. The van der Waals surface area contributed by atoms with Gasteiger partial charge >= 0.3 is 5.69 Å². The van der Waals surface area contributed by atoms with Crippen molar-refractivity contribution in [1.82, 2.24) is 18.7 Å². The van der Waals surface area contributed by atoms with E-state index in [1.807, 2.05) is 6.07 Å². The van der Waals surface area contributed by atoms with Crippen molar-refractivity contribution in [3.05, 3.63) is 27.2 Å². The SMILES string of the molecule is Cn1cnc2c1c(=O)n(CCC#N)c(=O)n2C. The van der Waals surface area contributed by atoms with Crippen LogP contribution >= 0.6 is 0 Å². The molecule has 0 amide bonds. The second-order valence-electron chi connectivity index (χ2n) is 3.73. The van der Waals surface area contributed by atoms with Gasteiger partial charge in [0.2, 0.25) is 0 Å². The minimum Gasteiger partial charge on any atom is -0.328 e. The fourth-order valence-corrected chi connectivity index (χ4v) is 1.76. The zero-order valence-electron chi connectivity index (χ0n) is 9.54. The quantitative estimate of drug-likeness (QED) is 0.689. The minimum atomic E-state index is -0.448. The summed E-state index contributed by atoms with van der Waals surface area (Å²) in [6.07, 6.45) is 1.61. The van der Waals surface area contributed by atoms with Crippen LogP contribution in [0.25, 0.3) is 11.2 Å². The molecular weight excluding hydrogens is 222 g/mol. The number of nitrogens with zero attached hydrogens (tertiary/aromatic N) is 5. The van der Waals surface area contributed by atoms with E-state index in [9.17, 15) is 9.59 Å². The Morgan fingerprint density at radius 1 is 1.41 bits per heavy atom. The van der Waals surface area contributed by atoms with Gasteiger partial charge in [-0.3, -0.25) is 13.9 Å². The summed E-state index contributed by atoms with van der Waals surface area (Å²) in [5.41, 5.74) is -0.129. The monoisotopic (exact) mass is 233 g/mol. The molecule has 2 aromatic rings. The zero-order chi connectivity index (χ0) is 12.6. The van der Waals surface area contributed by atoms with Gasteiger partial charge in [-0.1, -0.05) is 0 Å². The van der Waals surface area contributed by atoms with Crippen molar-refractivity contribution in [2.75, 3.05) is 0 Å². The van der Waals surface area contributed by atoms with Crippen LogP contribution in [0.5, 0.6) is 0 Å². The molecule has 0 aliphatic heterocycles. The van der Waals surface area contributed by atoms with Gasteiger partial charge in [-0.15, -0.1) is 0 Å². The Labute approximate surface area is 96.2 Å². The topological polar surface area (TPSA) is 85.6 Å². The van der Waals surface area contributed by atoms with Gasteiger partial charge in [-0.05, 0) is 0 Å². The number of rotatable bonds is 2. The Bertz CT molecular complexity index is 728. The molecule has 0 atom stereocenters. The number of aryl methyl sites for hydroxylation is 2. The number of nitriles is 1. The van der Waals surface area contributed by atoms with Crippen LogP contribution in [0, 0.1) is 11.3 Å². The number of hydrogen-bond acceptors (Lipinski definition) is 4. The second-order valence-corrected chi connectivity index (χ2v) is 3.73. The summed E-state index contributed by atoms with van der Waals surface area (Å²) in [4.78, 5) is 28.0.